The Bertz CT molecular complexity index is 883. The number of carbonyl (C=O) groups is 1. The Labute approximate surface area is 156 Å². The summed E-state index contributed by atoms with van der Waals surface area (Å²) in [5, 5.41) is 7.01. The SMILES string of the molecule is C#CCNC(=O)N1CCN(c2cnn(-c3ccccc3)c(=O)c2Cl)CC1. The Morgan fingerprint density at radius 3 is 2.58 bits per heavy atom. The first kappa shape index (κ1) is 17.8. The van der Waals surface area contributed by atoms with Crippen molar-refractivity contribution >= 4 is 23.3 Å². The summed E-state index contributed by atoms with van der Waals surface area (Å²) in [6.45, 7) is 2.33. The van der Waals surface area contributed by atoms with Crippen LogP contribution in [0.1, 0.15) is 0 Å². The van der Waals surface area contributed by atoms with E-state index in [2.05, 4.69) is 16.3 Å². The number of hydrogen-bond donors (Lipinski definition) is 1. The lowest BCUT2D eigenvalue weighted by molar-refractivity contribution is 0.195. The van der Waals surface area contributed by atoms with E-state index in [9.17, 15) is 9.59 Å². The maximum absolute atomic E-state index is 12.6. The highest BCUT2D eigenvalue weighted by Gasteiger charge is 2.23. The predicted octanol–water partition coefficient (Wildman–Crippen LogP) is 1.35. The summed E-state index contributed by atoms with van der Waals surface area (Å²) in [4.78, 5) is 28.1. The molecule has 0 unspecified atom stereocenters. The fraction of sp³-hybridized carbons (Fsp3) is 0.278. The van der Waals surface area contributed by atoms with Crippen LogP contribution in [0, 0.1) is 12.3 Å². The van der Waals surface area contributed by atoms with Crippen molar-refractivity contribution in [1.29, 1.82) is 0 Å². The average molecular weight is 372 g/mol. The molecule has 2 heterocycles. The first-order valence-electron chi connectivity index (χ1n) is 8.16. The number of nitrogens with zero attached hydrogens (tertiary/aromatic N) is 4. The molecule has 1 aromatic heterocycles. The van der Waals surface area contributed by atoms with E-state index in [1.54, 1.807) is 23.2 Å². The van der Waals surface area contributed by atoms with Gasteiger partial charge in [-0.2, -0.15) is 9.78 Å². The van der Waals surface area contributed by atoms with Gasteiger partial charge >= 0.3 is 6.03 Å². The number of nitrogens with one attached hydrogen (secondary N) is 1. The molecule has 0 aliphatic carbocycles. The molecule has 2 aromatic rings. The Kier molecular flexibility index (Phi) is 5.44. The number of halogens is 1. The number of benzene rings is 1. The number of rotatable bonds is 3. The molecule has 1 saturated heterocycles. The number of para-hydroxylation sites is 1. The predicted molar refractivity (Wildman–Crippen MR) is 101 cm³/mol. The highest BCUT2D eigenvalue weighted by Crippen LogP contribution is 2.23. The van der Waals surface area contributed by atoms with Crippen molar-refractivity contribution in [3.63, 3.8) is 0 Å². The van der Waals surface area contributed by atoms with E-state index >= 15 is 0 Å². The number of aromatic nitrogens is 2. The number of carbonyl (C=O) groups excluding carboxylic acids is 1. The second kappa shape index (κ2) is 7.93. The van der Waals surface area contributed by atoms with Crippen LogP contribution >= 0.6 is 11.6 Å². The second-order valence-electron chi connectivity index (χ2n) is 5.73. The molecule has 0 saturated carbocycles. The number of piperazine rings is 1. The molecule has 0 spiro atoms. The van der Waals surface area contributed by atoms with Gasteiger partial charge < -0.3 is 15.1 Å². The lowest BCUT2D eigenvalue weighted by Gasteiger charge is -2.36. The molecule has 8 heteroatoms. The van der Waals surface area contributed by atoms with Gasteiger partial charge in [-0.1, -0.05) is 35.7 Å². The molecule has 0 radical (unpaired) electrons. The molecule has 26 heavy (non-hydrogen) atoms. The molecule has 0 atom stereocenters. The number of anilines is 1. The van der Waals surface area contributed by atoms with Gasteiger partial charge in [0.2, 0.25) is 0 Å². The summed E-state index contributed by atoms with van der Waals surface area (Å²) in [7, 11) is 0. The molecular weight excluding hydrogens is 354 g/mol. The van der Waals surface area contributed by atoms with Gasteiger partial charge in [-0.3, -0.25) is 4.79 Å². The molecule has 1 aromatic carbocycles. The zero-order valence-corrected chi connectivity index (χ0v) is 14.8. The highest BCUT2D eigenvalue weighted by atomic mass is 35.5. The Hall–Kier alpha value is -2.98. The third-order valence-electron chi connectivity index (χ3n) is 4.15. The minimum atomic E-state index is -0.371. The highest BCUT2D eigenvalue weighted by molar-refractivity contribution is 6.33. The third-order valence-corrected chi connectivity index (χ3v) is 4.51. The molecule has 0 bridgehead atoms. The minimum absolute atomic E-state index is 0.120. The lowest BCUT2D eigenvalue weighted by atomic mass is 10.3. The molecular formula is C18H18ClN5O2. The van der Waals surface area contributed by atoms with Crippen LogP contribution < -0.4 is 15.8 Å². The van der Waals surface area contributed by atoms with Crippen molar-refractivity contribution in [1.82, 2.24) is 20.0 Å². The van der Waals surface area contributed by atoms with E-state index in [4.69, 9.17) is 18.0 Å². The number of urea groups is 1. The number of hydrogen-bond acceptors (Lipinski definition) is 4. The first-order valence-corrected chi connectivity index (χ1v) is 8.54. The van der Waals surface area contributed by atoms with Crippen molar-refractivity contribution in [2.75, 3.05) is 37.6 Å². The van der Waals surface area contributed by atoms with E-state index in [1.807, 2.05) is 23.1 Å². The van der Waals surface area contributed by atoms with Gasteiger partial charge in [0.05, 0.1) is 24.1 Å². The van der Waals surface area contributed by atoms with Crippen molar-refractivity contribution in [2.24, 2.45) is 0 Å². The largest absolute Gasteiger partial charge is 0.365 e. The van der Waals surface area contributed by atoms with Crippen LogP contribution in [-0.4, -0.2) is 53.4 Å². The number of terminal acetylenes is 1. The minimum Gasteiger partial charge on any atom is -0.365 e. The maximum atomic E-state index is 12.6. The summed E-state index contributed by atoms with van der Waals surface area (Å²) < 4.78 is 1.27. The first-order chi connectivity index (χ1) is 12.6. The van der Waals surface area contributed by atoms with Crippen LogP contribution in [0.4, 0.5) is 10.5 Å². The van der Waals surface area contributed by atoms with Crippen LogP contribution in [0.5, 0.6) is 0 Å². The van der Waals surface area contributed by atoms with Crippen LogP contribution in [0.25, 0.3) is 5.69 Å². The van der Waals surface area contributed by atoms with Gasteiger partial charge in [0.25, 0.3) is 5.56 Å². The van der Waals surface area contributed by atoms with Crippen molar-refractivity contribution in [3.05, 3.63) is 51.9 Å². The Balaban J connectivity index is 1.74. The average Bonchev–Trinajstić information content (AvgIpc) is 2.69. The summed E-state index contributed by atoms with van der Waals surface area (Å²) >= 11 is 6.32. The summed E-state index contributed by atoms with van der Waals surface area (Å²) in [6, 6.07) is 8.91. The molecule has 2 amide bonds. The van der Waals surface area contributed by atoms with Gasteiger partial charge in [0, 0.05) is 26.2 Å². The van der Waals surface area contributed by atoms with E-state index in [1.165, 1.54) is 4.68 Å². The van der Waals surface area contributed by atoms with Crippen molar-refractivity contribution < 1.29 is 4.79 Å². The topological polar surface area (TPSA) is 70.5 Å². The molecule has 1 aliphatic rings. The lowest BCUT2D eigenvalue weighted by Crippen LogP contribution is -2.52. The third kappa shape index (κ3) is 3.65. The van der Waals surface area contributed by atoms with Gasteiger partial charge in [-0.15, -0.1) is 6.42 Å². The maximum Gasteiger partial charge on any atom is 0.318 e. The van der Waals surface area contributed by atoms with Gasteiger partial charge in [0.1, 0.15) is 5.02 Å². The van der Waals surface area contributed by atoms with Crippen molar-refractivity contribution in [3.8, 4) is 18.0 Å². The van der Waals surface area contributed by atoms with Crippen LogP contribution in [-0.2, 0) is 0 Å². The zero-order valence-electron chi connectivity index (χ0n) is 14.1. The second-order valence-corrected chi connectivity index (χ2v) is 6.11. The Morgan fingerprint density at radius 2 is 1.92 bits per heavy atom. The van der Waals surface area contributed by atoms with Crippen LogP contribution in [0.3, 0.4) is 0 Å². The molecule has 134 valence electrons. The van der Waals surface area contributed by atoms with Crippen LogP contribution in [0.15, 0.2) is 41.3 Å². The number of amides is 2. The standard InChI is InChI=1S/C18H18ClN5O2/c1-2-8-20-18(26)23-11-9-22(10-12-23)15-13-21-24(17(25)16(15)19)14-6-4-3-5-7-14/h1,3-7,13H,8-12H2,(H,20,26). The van der Waals surface area contributed by atoms with E-state index in [0.717, 1.165) is 0 Å². The smallest absolute Gasteiger partial charge is 0.318 e. The monoisotopic (exact) mass is 371 g/mol. The summed E-state index contributed by atoms with van der Waals surface area (Å²) in [5.74, 6) is 2.37. The van der Waals surface area contributed by atoms with Gasteiger partial charge in [0.15, 0.2) is 0 Å². The normalized spacial score (nSPS) is 14.0. The molecule has 1 aliphatic heterocycles. The molecule has 3 rings (SSSR count). The summed E-state index contributed by atoms with van der Waals surface area (Å²) in [6.07, 6.45) is 6.73. The molecule has 7 nitrogen and oxygen atoms in total. The molecule has 1 N–H and O–H groups in total. The zero-order chi connectivity index (χ0) is 18.5. The summed E-state index contributed by atoms with van der Waals surface area (Å²) in [5.41, 5.74) is 0.859. The van der Waals surface area contributed by atoms with E-state index in [0.29, 0.717) is 37.6 Å². The van der Waals surface area contributed by atoms with Crippen LogP contribution in [0.2, 0.25) is 5.02 Å². The molecule has 1 fully saturated rings. The quantitative estimate of drug-likeness (QED) is 0.827. The van der Waals surface area contributed by atoms with Crippen molar-refractivity contribution in [2.45, 2.75) is 0 Å². The Morgan fingerprint density at radius 1 is 1.23 bits per heavy atom. The van der Waals surface area contributed by atoms with E-state index < -0.39 is 0 Å². The van der Waals surface area contributed by atoms with E-state index in [-0.39, 0.29) is 23.2 Å². The fourth-order valence-electron chi connectivity index (χ4n) is 2.79. The van der Waals surface area contributed by atoms with Gasteiger partial charge in [-0.05, 0) is 12.1 Å². The fourth-order valence-corrected chi connectivity index (χ4v) is 3.03. The van der Waals surface area contributed by atoms with Gasteiger partial charge in [-0.25, -0.2) is 4.79 Å².